The zero-order valence-electron chi connectivity index (χ0n) is 8.57. The highest BCUT2D eigenvalue weighted by Crippen LogP contribution is 2.15. The first-order valence-corrected chi connectivity index (χ1v) is 4.95. The first kappa shape index (κ1) is 9.85. The Bertz CT molecular complexity index is 433. The molecule has 80 valence electrons. The van der Waals surface area contributed by atoms with Crippen molar-refractivity contribution in [1.82, 2.24) is 19.9 Å². The first-order chi connectivity index (χ1) is 7.35. The van der Waals surface area contributed by atoms with E-state index in [1.807, 2.05) is 0 Å². The van der Waals surface area contributed by atoms with Crippen LogP contribution >= 0.6 is 0 Å². The Morgan fingerprint density at radius 1 is 1.47 bits per heavy atom. The van der Waals surface area contributed by atoms with E-state index in [4.69, 9.17) is 5.73 Å². The topological polar surface area (TPSA) is 92.5 Å². The minimum Gasteiger partial charge on any atom is -0.364 e. The Morgan fingerprint density at radius 2 is 2.33 bits per heavy atom. The van der Waals surface area contributed by atoms with Gasteiger partial charge in [0, 0.05) is 12.6 Å². The number of imidazole rings is 1. The number of nitrogens with one attached hydrogen (secondary N) is 2. The second-order valence-electron chi connectivity index (χ2n) is 3.31. The number of anilines is 1. The van der Waals surface area contributed by atoms with Crippen LogP contribution < -0.4 is 11.1 Å². The maximum Gasteiger partial charge on any atom is 0.182 e. The maximum absolute atomic E-state index is 5.62. The molecule has 0 aromatic carbocycles. The lowest BCUT2D eigenvalue weighted by molar-refractivity contribution is 0.700. The highest BCUT2D eigenvalue weighted by molar-refractivity contribution is 5.82. The van der Waals surface area contributed by atoms with Crippen molar-refractivity contribution in [1.29, 1.82) is 0 Å². The molecule has 2 aromatic heterocycles. The molecule has 0 aliphatic rings. The summed E-state index contributed by atoms with van der Waals surface area (Å²) in [5, 5.41) is 3.26. The van der Waals surface area contributed by atoms with Gasteiger partial charge in [-0.25, -0.2) is 15.0 Å². The molecule has 2 heterocycles. The second kappa shape index (κ2) is 4.22. The number of rotatable bonds is 4. The molecule has 2 rings (SSSR count). The van der Waals surface area contributed by atoms with E-state index < -0.39 is 0 Å². The van der Waals surface area contributed by atoms with E-state index in [1.165, 1.54) is 6.33 Å². The zero-order valence-corrected chi connectivity index (χ0v) is 8.57. The number of hydrogen-bond acceptors (Lipinski definition) is 5. The van der Waals surface area contributed by atoms with Gasteiger partial charge in [0.05, 0.1) is 6.33 Å². The van der Waals surface area contributed by atoms with Crippen molar-refractivity contribution >= 4 is 17.0 Å². The lowest BCUT2D eigenvalue weighted by Gasteiger charge is -2.14. The van der Waals surface area contributed by atoms with Gasteiger partial charge in [0.25, 0.3) is 0 Å². The van der Waals surface area contributed by atoms with Crippen LogP contribution in [0.2, 0.25) is 0 Å². The molecule has 6 nitrogen and oxygen atoms in total. The average Bonchev–Trinajstić information content (AvgIpc) is 2.74. The maximum atomic E-state index is 5.62. The molecule has 0 aliphatic heterocycles. The van der Waals surface area contributed by atoms with E-state index in [9.17, 15) is 0 Å². The number of H-pyrrole nitrogens is 1. The van der Waals surface area contributed by atoms with Gasteiger partial charge < -0.3 is 16.0 Å². The average molecular weight is 206 g/mol. The van der Waals surface area contributed by atoms with Gasteiger partial charge in [-0.2, -0.15) is 0 Å². The number of aromatic nitrogens is 4. The van der Waals surface area contributed by atoms with Crippen LogP contribution in [0.1, 0.15) is 13.3 Å². The van der Waals surface area contributed by atoms with Gasteiger partial charge in [-0.05, 0) is 6.42 Å². The van der Waals surface area contributed by atoms with Crippen molar-refractivity contribution in [3.05, 3.63) is 12.7 Å². The predicted molar refractivity (Wildman–Crippen MR) is 58.4 cm³/mol. The third-order valence-electron chi connectivity index (χ3n) is 2.34. The van der Waals surface area contributed by atoms with Gasteiger partial charge in [-0.1, -0.05) is 6.92 Å². The van der Waals surface area contributed by atoms with Crippen LogP contribution in [0.3, 0.4) is 0 Å². The molecule has 2 aromatic rings. The summed E-state index contributed by atoms with van der Waals surface area (Å²) in [6, 6.07) is 0.228. The van der Waals surface area contributed by atoms with Crippen molar-refractivity contribution in [2.24, 2.45) is 5.73 Å². The third-order valence-corrected chi connectivity index (χ3v) is 2.34. The lowest BCUT2D eigenvalue weighted by atomic mass is 10.2. The molecule has 1 unspecified atom stereocenters. The summed E-state index contributed by atoms with van der Waals surface area (Å²) in [6.45, 7) is 2.66. The zero-order chi connectivity index (χ0) is 10.7. The largest absolute Gasteiger partial charge is 0.364 e. The number of nitrogens with zero attached hydrogens (tertiary/aromatic N) is 3. The molecule has 0 radical (unpaired) electrons. The smallest absolute Gasteiger partial charge is 0.182 e. The molecule has 15 heavy (non-hydrogen) atoms. The molecule has 1 atom stereocenters. The fraction of sp³-hybridized carbons (Fsp3) is 0.444. The summed E-state index contributed by atoms with van der Waals surface area (Å²) in [6.07, 6.45) is 4.05. The van der Waals surface area contributed by atoms with E-state index >= 15 is 0 Å². The fourth-order valence-corrected chi connectivity index (χ4v) is 1.40. The van der Waals surface area contributed by atoms with Crippen LogP contribution in [0, 0.1) is 0 Å². The summed E-state index contributed by atoms with van der Waals surface area (Å²) in [4.78, 5) is 15.3. The first-order valence-electron chi connectivity index (χ1n) is 4.95. The molecular weight excluding hydrogens is 192 g/mol. The highest BCUT2D eigenvalue weighted by Gasteiger charge is 2.09. The Balaban J connectivity index is 2.30. The molecule has 0 saturated heterocycles. The Morgan fingerprint density at radius 3 is 3.07 bits per heavy atom. The van der Waals surface area contributed by atoms with Crippen LogP contribution in [0.5, 0.6) is 0 Å². The van der Waals surface area contributed by atoms with Gasteiger partial charge in [0.15, 0.2) is 11.5 Å². The number of fused-ring (bicyclic) bond motifs is 1. The van der Waals surface area contributed by atoms with Crippen molar-refractivity contribution < 1.29 is 0 Å². The Hall–Kier alpha value is -1.69. The van der Waals surface area contributed by atoms with Crippen LogP contribution in [0.4, 0.5) is 5.82 Å². The van der Waals surface area contributed by atoms with E-state index in [1.54, 1.807) is 6.33 Å². The van der Waals surface area contributed by atoms with E-state index in [2.05, 4.69) is 32.2 Å². The summed E-state index contributed by atoms with van der Waals surface area (Å²) >= 11 is 0. The van der Waals surface area contributed by atoms with Crippen LogP contribution in [0.15, 0.2) is 12.7 Å². The molecule has 6 heteroatoms. The number of nitrogens with two attached hydrogens (primary N) is 1. The molecule has 0 spiro atoms. The van der Waals surface area contributed by atoms with Gasteiger partial charge in [-0.3, -0.25) is 0 Å². The summed E-state index contributed by atoms with van der Waals surface area (Å²) in [5.74, 6) is 0.759. The normalized spacial score (nSPS) is 12.9. The fourth-order valence-electron chi connectivity index (χ4n) is 1.40. The van der Waals surface area contributed by atoms with E-state index in [-0.39, 0.29) is 6.04 Å². The number of hydrogen-bond donors (Lipinski definition) is 3. The van der Waals surface area contributed by atoms with Crippen LogP contribution in [0.25, 0.3) is 11.2 Å². The summed E-state index contributed by atoms with van der Waals surface area (Å²) in [7, 11) is 0. The Kier molecular flexibility index (Phi) is 2.77. The molecule has 0 amide bonds. The molecule has 0 aliphatic carbocycles. The van der Waals surface area contributed by atoms with Gasteiger partial charge in [0.1, 0.15) is 11.8 Å². The van der Waals surface area contributed by atoms with E-state index in [0.717, 1.165) is 17.8 Å². The lowest BCUT2D eigenvalue weighted by Crippen LogP contribution is -2.28. The standard InChI is InChI=1S/C9H14N6/c1-2-6(3-10)15-9-7-8(12-4-11-7)13-5-14-9/h4-6H,2-3,10H2,1H3,(H2,11,12,13,14,15). The highest BCUT2D eigenvalue weighted by atomic mass is 15.1. The molecule has 4 N–H and O–H groups in total. The number of aromatic amines is 1. The molecule has 0 fully saturated rings. The molecule has 0 saturated carbocycles. The van der Waals surface area contributed by atoms with Gasteiger partial charge in [-0.15, -0.1) is 0 Å². The second-order valence-corrected chi connectivity index (χ2v) is 3.31. The summed E-state index contributed by atoms with van der Waals surface area (Å²) in [5.41, 5.74) is 7.11. The van der Waals surface area contributed by atoms with Crippen LogP contribution in [-0.2, 0) is 0 Å². The van der Waals surface area contributed by atoms with Crippen LogP contribution in [-0.4, -0.2) is 32.5 Å². The Labute approximate surface area is 87.3 Å². The van der Waals surface area contributed by atoms with Crippen molar-refractivity contribution in [2.75, 3.05) is 11.9 Å². The van der Waals surface area contributed by atoms with E-state index in [0.29, 0.717) is 12.2 Å². The molecular formula is C9H14N6. The minimum atomic E-state index is 0.228. The quantitative estimate of drug-likeness (QED) is 0.677. The van der Waals surface area contributed by atoms with Crippen molar-refractivity contribution in [3.8, 4) is 0 Å². The van der Waals surface area contributed by atoms with Gasteiger partial charge >= 0.3 is 0 Å². The third kappa shape index (κ3) is 1.89. The van der Waals surface area contributed by atoms with Crippen molar-refractivity contribution in [3.63, 3.8) is 0 Å². The SMILES string of the molecule is CCC(CN)Nc1ncnc2nc[nH]c12. The minimum absolute atomic E-state index is 0.228. The van der Waals surface area contributed by atoms with Gasteiger partial charge in [0.2, 0.25) is 0 Å². The molecule has 0 bridgehead atoms. The monoisotopic (exact) mass is 206 g/mol. The summed E-state index contributed by atoms with van der Waals surface area (Å²) < 4.78 is 0. The predicted octanol–water partition coefficient (Wildman–Crippen LogP) is 0.502. The van der Waals surface area contributed by atoms with Crippen molar-refractivity contribution in [2.45, 2.75) is 19.4 Å².